The minimum Gasteiger partial charge on any atom is -0.315 e. The molecule has 2 saturated heterocycles. The van der Waals surface area contributed by atoms with Gasteiger partial charge in [0.1, 0.15) is 0 Å². The molecule has 3 fully saturated rings. The Hall–Kier alpha value is -1.11. The molecule has 1 aliphatic carbocycles. The Morgan fingerprint density at radius 3 is 2.96 bits per heavy atom. The van der Waals surface area contributed by atoms with Crippen molar-refractivity contribution in [2.24, 2.45) is 5.92 Å². The van der Waals surface area contributed by atoms with Gasteiger partial charge >= 0.3 is 0 Å². The minimum atomic E-state index is -0.0496. The molecule has 23 heavy (non-hydrogen) atoms. The third-order valence-corrected chi connectivity index (χ3v) is 5.45. The van der Waals surface area contributed by atoms with E-state index in [9.17, 15) is 4.79 Å². The summed E-state index contributed by atoms with van der Waals surface area (Å²) in [6, 6.07) is 2.81. The van der Waals surface area contributed by atoms with Crippen molar-refractivity contribution in [1.82, 2.24) is 20.4 Å². The number of nitrogens with zero attached hydrogens (tertiary/aromatic N) is 2. The molecule has 7 heteroatoms. The highest BCUT2D eigenvalue weighted by atomic mass is 35.5. The molecule has 4 unspecified atom stereocenters. The molecule has 6 nitrogen and oxygen atoms in total. The summed E-state index contributed by atoms with van der Waals surface area (Å²) >= 11 is 0. The number of rotatable bonds is 3. The maximum absolute atomic E-state index is 12.5. The van der Waals surface area contributed by atoms with Gasteiger partial charge < -0.3 is 16.0 Å². The lowest BCUT2D eigenvalue weighted by Gasteiger charge is -2.24. The summed E-state index contributed by atoms with van der Waals surface area (Å²) in [6.45, 7) is 2.00. The van der Waals surface area contributed by atoms with E-state index in [0.29, 0.717) is 23.8 Å². The zero-order valence-electron chi connectivity index (χ0n) is 13.3. The van der Waals surface area contributed by atoms with Gasteiger partial charge in [0.2, 0.25) is 5.91 Å². The first-order valence-electron chi connectivity index (χ1n) is 8.62. The normalized spacial score (nSPS) is 33.0. The molecule has 2 aliphatic heterocycles. The van der Waals surface area contributed by atoms with Crippen molar-refractivity contribution in [3.63, 3.8) is 0 Å². The average molecular weight is 340 g/mol. The summed E-state index contributed by atoms with van der Waals surface area (Å²) in [5.41, 5.74) is 0. The molecule has 1 aromatic rings. The van der Waals surface area contributed by atoms with Crippen LogP contribution in [0.5, 0.6) is 0 Å². The molecule has 0 radical (unpaired) electrons. The Morgan fingerprint density at radius 2 is 2.17 bits per heavy atom. The quantitative estimate of drug-likeness (QED) is 0.784. The highest BCUT2D eigenvalue weighted by Crippen LogP contribution is 2.33. The van der Waals surface area contributed by atoms with Crippen LogP contribution in [0.2, 0.25) is 0 Å². The maximum atomic E-state index is 12.5. The second kappa shape index (κ2) is 7.20. The standard InChI is InChI=1S/C16H25N5O.ClH/c22-16(14-9-11-3-1-2-4-13(11)18-14)19-15-6-8-21(20-15)12-5-7-17-10-12;/h6,8,11-14,17-18H,1-5,7,9-10H2,(H,19,20,22);1H. The number of nitrogens with one attached hydrogen (secondary N) is 3. The second-order valence-corrected chi connectivity index (χ2v) is 6.92. The Balaban J connectivity index is 0.00000156. The van der Waals surface area contributed by atoms with E-state index in [1.54, 1.807) is 0 Å². The highest BCUT2D eigenvalue weighted by Gasteiger charge is 2.38. The van der Waals surface area contributed by atoms with E-state index in [2.05, 4.69) is 21.0 Å². The molecule has 0 spiro atoms. The Bertz CT molecular complexity index is 528. The molecule has 3 aliphatic rings. The van der Waals surface area contributed by atoms with Gasteiger partial charge in [0.05, 0.1) is 12.1 Å². The second-order valence-electron chi connectivity index (χ2n) is 6.92. The minimum absolute atomic E-state index is 0. The van der Waals surface area contributed by atoms with Gasteiger partial charge in [0.15, 0.2) is 5.82 Å². The SMILES string of the molecule is Cl.O=C(Nc1ccn(C2CCNC2)n1)C1CC2CCCCC2N1. The van der Waals surface area contributed by atoms with Crippen molar-refractivity contribution in [3.05, 3.63) is 12.3 Å². The van der Waals surface area contributed by atoms with Crippen molar-refractivity contribution in [2.45, 2.75) is 56.7 Å². The van der Waals surface area contributed by atoms with Crippen LogP contribution in [0.4, 0.5) is 5.82 Å². The maximum Gasteiger partial charge on any atom is 0.242 e. The van der Waals surface area contributed by atoms with Gasteiger partial charge in [-0.2, -0.15) is 5.10 Å². The first kappa shape index (κ1) is 16.7. The van der Waals surface area contributed by atoms with Crippen LogP contribution in [-0.2, 0) is 4.79 Å². The Labute approximate surface area is 143 Å². The van der Waals surface area contributed by atoms with E-state index < -0.39 is 0 Å². The fourth-order valence-electron chi connectivity index (χ4n) is 4.21. The Kier molecular flexibility index (Phi) is 5.24. The fourth-order valence-corrected chi connectivity index (χ4v) is 4.21. The monoisotopic (exact) mass is 339 g/mol. The van der Waals surface area contributed by atoms with Crippen LogP contribution in [0.15, 0.2) is 12.3 Å². The molecule has 3 heterocycles. The summed E-state index contributed by atoms with van der Waals surface area (Å²) in [5.74, 6) is 1.43. The van der Waals surface area contributed by atoms with Gasteiger partial charge in [-0.3, -0.25) is 9.48 Å². The number of aromatic nitrogens is 2. The van der Waals surface area contributed by atoms with Crippen LogP contribution < -0.4 is 16.0 Å². The van der Waals surface area contributed by atoms with E-state index in [1.807, 2.05) is 16.9 Å². The predicted molar refractivity (Wildman–Crippen MR) is 91.9 cm³/mol. The molecule has 1 saturated carbocycles. The van der Waals surface area contributed by atoms with Gasteiger partial charge in [-0.05, 0) is 38.1 Å². The van der Waals surface area contributed by atoms with Crippen LogP contribution in [0.1, 0.15) is 44.6 Å². The van der Waals surface area contributed by atoms with Crippen LogP contribution in [0.3, 0.4) is 0 Å². The van der Waals surface area contributed by atoms with Gasteiger partial charge in [-0.15, -0.1) is 12.4 Å². The third kappa shape index (κ3) is 3.54. The van der Waals surface area contributed by atoms with E-state index in [-0.39, 0.29) is 24.4 Å². The van der Waals surface area contributed by atoms with Crippen LogP contribution in [-0.4, -0.2) is 40.9 Å². The van der Waals surface area contributed by atoms with Crippen LogP contribution in [0, 0.1) is 5.92 Å². The van der Waals surface area contributed by atoms with Crippen molar-refractivity contribution >= 4 is 24.1 Å². The number of amides is 1. The first-order valence-corrected chi connectivity index (χ1v) is 8.62. The van der Waals surface area contributed by atoms with Gasteiger partial charge in [0, 0.05) is 24.8 Å². The van der Waals surface area contributed by atoms with E-state index in [0.717, 1.165) is 25.9 Å². The predicted octanol–water partition coefficient (Wildman–Crippen LogP) is 1.70. The van der Waals surface area contributed by atoms with Crippen LogP contribution in [0.25, 0.3) is 0 Å². The van der Waals surface area contributed by atoms with Crippen molar-refractivity contribution < 1.29 is 4.79 Å². The molecule has 0 aromatic carbocycles. The molecule has 4 rings (SSSR count). The molecule has 3 N–H and O–H groups in total. The number of anilines is 1. The largest absolute Gasteiger partial charge is 0.315 e. The van der Waals surface area contributed by atoms with E-state index >= 15 is 0 Å². The molecule has 0 bridgehead atoms. The fraction of sp³-hybridized carbons (Fsp3) is 0.750. The molecule has 1 amide bonds. The highest BCUT2D eigenvalue weighted by molar-refractivity contribution is 5.94. The zero-order valence-corrected chi connectivity index (χ0v) is 14.1. The van der Waals surface area contributed by atoms with E-state index in [4.69, 9.17) is 0 Å². The summed E-state index contributed by atoms with van der Waals surface area (Å²) in [4.78, 5) is 12.5. The third-order valence-electron chi connectivity index (χ3n) is 5.45. The average Bonchev–Trinajstić information content (AvgIpc) is 3.26. The van der Waals surface area contributed by atoms with Crippen molar-refractivity contribution in [3.8, 4) is 0 Å². The number of carbonyl (C=O) groups is 1. The number of hydrogen-bond acceptors (Lipinski definition) is 4. The summed E-state index contributed by atoms with van der Waals surface area (Å²) in [6.07, 6.45) is 9.14. The Morgan fingerprint density at radius 1 is 1.30 bits per heavy atom. The van der Waals surface area contributed by atoms with Gasteiger partial charge in [0.25, 0.3) is 0 Å². The number of fused-ring (bicyclic) bond motifs is 1. The zero-order chi connectivity index (χ0) is 14.9. The summed E-state index contributed by atoms with van der Waals surface area (Å²) < 4.78 is 1.97. The molecule has 4 atom stereocenters. The lowest BCUT2D eigenvalue weighted by Crippen LogP contribution is -2.40. The smallest absolute Gasteiger partial charge is 0.242 e. The van der Waals surface area contributed by atoms with E-state index in [1.165, 1.54) is 25.7 Å². The number of halogens is 1. The van der Waals surface area contributed by atoms with Gasteiger partial charge in [-0.25, -0.2) is 0 Å². The van der Waals surface area contributed by atoms with Crippen LogP contribution >= 0.6 is 12.4 Å². The van der Waals surface area contributed by atoms with Crippen molar-refractivity contribution in [2.75, 3.05) is 18.4 Å². The summed E-state index contributed by atoms with van der Waals surface area (Å²) in [7, 11) is 0. The van der Waals surface area contributed by atoms with Gasteiger partial charge in [-0.1, -0.05) is 12.8 Å². The summed E-state index contributed by atoms with van der Waals surface area (Å²) in [5, 5.41) is 14.3. The first-order chi connectivity index (χ1) is 10.8. The molecule has 1 aromatic heterocycles. The lowest BCUT2D eigenvalue weighted by atomic mass is 9.85. The molecular weight excluding hydrogens is 314 g/mol. The van der Waals surface area contributed by atoms with Crippen molar-refractivity contribution in [1.29, 1.82) is 0 Å². The number of carbonyl (C=O) groups excluding carboxylic acids is 1. The molecular formula is C16H26ClN5O. The molecule has 128 valence electrons. The lowest BCUT2D eigenvalue weighted by molar-refractivity contribution is -0.117. The number of hydrogen-bond donors (Lipinski definition) is 3. The topological polar surface area (TPSA) is 71.0 Å².